The van der Waals surface area contributed by atoms with Gasteiger partial charge >= 0.3 is 0 Å². The summed E-state index contributed by atoms with van der Waals surface area (Å²) in [5.74, 6) is 0.819. The van der Waals surface area contributed by atoms with E-state index >= 15 is 0 Å². The Hall–Kier alpha value is -0.380. The van der Waals surface area contributed by atoms with Crippen LogP contribution >= 0.6 is 35.3 Å². The second-order valence-corrected chi connectivity index (χ2v) is 5.45. The number of hydrogen-bond acceptors (Lipinski definition) is 4. The predicted octanol–water partition coefficient (Wildman–Crippen LogP) is 2.56. The monoisotopic (exact) mass is 440 g/mol. The molecule has 2 N–H and O–H groups in total. The number of likely N-dealkylation sites (N-methyl/N-ethyl adjacent to an activating group) is 1. The quantitative estimate of drug-likeness (QED) is 0.268. The Labute approximate surface area is 155 Å². The lowest BCUT2D eigenvalue weighted by Crippen LogP contribution is -2.43. The normalized spacial score (nSPS) is 12.9. The second kappa shape index (κ2) is 13.1. The Kier molecular flexibility index (Phi) is 12.9. The molecular formula is C15H29IN4OS. The highest BCUT2D eigenvalue weighted by molar-refractivity contribution is 14.0. The van der Waals surface area contributed by atoms with Gasteiger partial charge in [0.05, 0.1) is 12.6 Å². The molecule has 0 amide bonds. The fraction of sp³-hybridized carbons (Fsp3) is 0.667. The number of ether oxygens (including phenoxy) is 1. The first-order valence-electron chi connectivity index (χ1n) is 7.46. The molecule has 0 saturated carbocycles. The molecule has 7 heteroatoms. The molecule has 22 heavy (non-hydrogen) atoms. The van der Waals surface area contributed by atoms with Crippen LogP contribution in [0.5, 0.6) is 0 Å². The van der Waals surface area contributed by atoms with Crippen LogP contribution in [-0.2, 0) is 4.74 Å². The molecule has 1 unspecified atom stereocenters. The molecule has 0 aromatic carbocycles. The van der Waals surface area contributed by atoms with E-state index in [2.05, 4.69) is 51.2 Å². The van der Waals surface area contributed by atoms with Crippen LogP contribution in [-0.4, -0.2) is 57.8 Å². The van der Waals surface area contributed by atoms with Crippen molar-refractivity contribution in [3.63, 3.8) is 0 Å². The third kappa shape index (κ3) is 7.26. The number of thiophene rings is 1. The summed E-state index contributed by atoms with van der Waals surface area (Å²) in [4.78, 5) is 6.70. The molecule has 0 aliphatic heterocycles. The number of aliphatic imine (C=N–C) groups is 1. The van der Waals surface area contributed by atoms with E-state index in [1.54, 1.807) is 25.5 Å². The largest absolute Gasteiger partial charge is 0.383 e. The van der Waals surface area contributed by atoms with E-state index in [0.717, 1.165) is 32.1 Å². The molecule has 5 nitrogen and oxygen atoms in total. The molecule has 1 aromatic heterocycles. The van der Waals surface area contributed by atoms with Gasteiger partial charge in [0.25, 0.3) is 0 Å². The maximum absolute atomic E-state index is 5.04. The van der Waals surface area contributed by atoms with Crippen molar-refractivity contribution in [2.75, 3.05) is 46.9 Å². The Morgan fingerprint density at radius 3 is 2.59 bits per heavy atom. The molecule has 0 fully saturated rings. The maximum atomic E-state index is 5.04. The summed E-state index contributed by atoms with van der Waals surface area (Å²) in [6, 6.07) is 2.57. The first-order valence-corrected chi connectivity index (χ1v) is 8.40. The van der Waals surface area contributed by atoms with Crippen molar-refractivity contribution in [3.05, 3.63) is 22.4 Å². The molecule has 0 aliphatic rings. The van der Waals surface area contributed by atoms with E-state index in [1.807, 2.05) is 0 Å². The Morgan fingerprint density at radius 2 is 2.09 bits per heavy atom. The number of nitrogens with zero attached hydrogens (tertiary/aromatic N) is 2. The first-order chi connectivity index (χ1) is 10.3. The number of rotatable bonds is 9. The highest BCUT2D eigenvalue weighted by atomic mass is 127. The number of methoxy groups -OCH3 is 1. The van der Waals surface area contributed by atoms with E-state index in [0.29, 0.717) is 12.6 Å². The van der Waals surface area contributed by atoms with Gasteiger partial charge in [-0.2, -0.15) is 11.3 Å². The lowest BCUT2D eigenvalue weighted by molar-refractivity contribution is 0.203. The summed E-state index contributed by atoms with van der Waals surface area (Å²) in [5, 5.41) is 11.0. The van der Waals surface area contributed by atoms with E-state index < -0.39 is 0 Å². The van der Waals surface area contributed by atoms with Gasteiger partial charge in [0, 0.05) is 27.2 Å². The van der Waals surface area contributed by atoms with E-state index in [9.17, 15) is 0 Å². The van der Waals surface area contributed by atoms with Crippen molar-refractivity contribution >= 4 is 41.3 Å². The first kappa shape index (κ1) is 21.6. The summed E-state index contributed by atoms with van der Waals surface area (Å²) in [5.41, 5.74) is 1.36. The minimum Gasteiger partial charge on any atom is -0.383 e. The zero-order chi connectivity index (χ0) is 15.5. The number of guanidine groups is 1. The standard InChI is InChI=1S/C15H28N4OS.HI/c1-5-19(6-2)14(13-7-10-21-12-13)11-18-15(16-3)17-8-9-20-4;/h7,10,12,14H,5-6,8-9,11H2,1-4H3,(H2,16,17,18);1H. The second-order valence-electron chi connectivity index (χ2n) is 4.67. The van der Waals surface area contributed by atoms with Crippen molar-refractivity contribution in [3.8, 4) is 0 Å². The molecular weight excluding hydrogens is 411 g/mol. The molecule has 128 valence electrons. The van der Waals surface area contributed by atoms with Crippen LogP contribution in [0.4, 0.5) is 0 Å². The smallest absolute Gasteiger partial charge is 0.191 e. The third-order valence-corrected chi connectivity index (χ3v) is 4.17. The molecule has 1 aromatic rings. The van der Waals surface area contributed by atoms with Gasteiger partial charge in [0.15, 0.2) is 5.96 Å². The van der Waals surface area contributed by atoms with Crippen LogP contribution in [0.15, 0.2) is 21.8 Å². The lowest BCUT2D eigenvalue weighted by atomic mass is 10.1. The molecule has 1 rings (SSSR count). The molecule has 0 saturated heterocycles. The van der Waals surface area contributed by atoms with E-state index in [4.69, 9.17) is 4.74 Å². The molecule has 0 aliphatic carbocycles. The van der Waals surface area contributed by atoms with Crippen LogP contribution in [0.25, 0.3) is 0 Å². The summed E-state index contributed by atoms with van der Waals surface area (Å²) < 4.78 is 5.04. The zero-order valence-electron chi connectivity index (χ0n) is 14.0. The van der Waals surface area contributed by atoms with Gasteiger partial charge in [0.2, 0.25) is 0 Å². The highest BCUT2D eigenvalue weighted by Gasteiger charge is 2.18. The lowest BCUT2D eigenvalue weighted by Gasteiger charge is -2.30. The molecule has 0 radical (unpaired) electrons. The SMILES string of the molecule is CCN(CC)C(CNC(=NC)NCCOC)c1ccsc1.I. The zero-order valence-corrected chi connectivity index (χ0v) is 17.1. The van der Waals surface area contributed by atoms with E-state index in [1.165, 1.54) is 5.56 Å². The number of nitrogens with one attached hydrogen (secondary N) is 2. The molecule has 1 heterocycles. The van der Waals surface area contributed by atoms with Gasteiger partial charge in [-0.05, 0) is 35.5 Å². The Morgan fingerprint density at radius 1 is 1.36 bits per heavy atom. The molecule has 1 atom stereocenters. The topological polar surface area (TPSA) is 48.9 Å². The third-order valence-electron chi connectivity index (χ3n) is 3.47. The molecule has 0 bridgehead atoms. The van der Waals surface area contributed by atoms with Crippen LogP contribution < -0.4 is 10.6 Å². The Balaban J connectivity index is 0.00000441. The van der Waals surface area contributed by atoms with Gasteiger partial charge in [0.1, 0.15) is 0 Å². The average Bonchev–Trinajstić information content (AvgIpc) is 3.03. The Bertz CT molecular complexity index is 396. The fourth-order valence-electron chi connectivity index (χ4n) is 2.27. The number of hydrogen-bond donors (Lipinski definition) is 2. The van der Waals surface area contributed by atoms with Gasteiger partial charge in [-0.1, -0.05) is 13.8 Å². The van der Waals surface area contributed by atoms with Crippen LogP contribution in [0.1, 0.15) is 25.5 Å². The summed E-state index contributed by atoms with van der Waals surface area (Å²) in [6.45, 7) is 8.74. The van der Waals surface area contributed by atoms with Gasteiger partial charge < -0.3 is 15.4 Å². The van der Waals surface area contributed by atoms with Gasteiger partial charge in [-0.15, -0.1) is 24.0 Å². The summed E-state index contributed by atoms with van der Waals surface area (Å²) >= 11 is 1.75. The van der Waals surface area contributed by atoms with E-state index in [-0.39, 0.29) is 24.0 Å². The average molecular weight is 440 g/mol. The van der Waals surface area contributed by atoms with Crippen molar-refractivity contribution in [1.82, 2.24) is 15.5 Å². The van der Waals surface area contributed by atoms with Crippen molar-refractivity contribution in [2.45, 2.75) is 19.9 Å². The van der Waals surface area contributed by atoms with Gasteiger partial charge in [-0.3, -0.25) is 9.89 Å². The van der Waals surface area contributed by atoms with Crippen LogP contribution in [0, 0.1) is 0 Å². The fourth-order valence-corrected chi connectivity index (χ4v) is 2.98. The van der Waals surface area contributed by atoms with Crippen molar-refractivity contribution in [1.29, 1.82) is 0 Å². The predicted molar refractivity (Wildman–Crippen MR) is 107 cm³/mol. The minimum absolute atomic E-state index is 0. The maximum Gasteiger partial charge on any atom is 0.191 e. The summed E-state index contributed by atoms with van der Waals surface area (Å²) in [7, 11) is 3.49. The molecule has 0 spiro atoms. The summed E-state index contributed by atoms with van der Waals surface area (Å²) in [6.07, 6.45) is 0. The minimum atomic E-state index is 0. The van der Waals surface area contributed by atoms with Crippen molar-refractivity contribution in [2.24, 2.45) is 4.99 Å². The van der Waals surface area contributed by atoms with Crippen LogP contribution in [0.2, 0.25) is 0 Å². The van der Waals surface area contributed by atoms with Crippen molar-refractivity contribution < 1.29 is 4.74 Å². The van der Waals surface area contributed by atoms with Crippen LogP contribution in [0.3, 0.4) is 0 Å². The number of halogens is 1. The van der Waals surface area contributed by atoms with Gasteiger partial charge in [-0.25, -0.2) is 0 Å². The highest BCUT2D eigenvalue weighted by Crippen LogP contribution is 2.22.